The van der Waals surface area contributed by atoms with Crippen LogP contribution < -0.4 is 0 Å². The Kier molecular flexibility index (Phi) is 11.8. The zero-order chi connectivity index (χ0) is 26.9. The molecule has 0 aliphatic carbocycles. The number of likely N-dealkylation sites (tertiary alicyclic amines) is 1. The van der Waals surface area contributed by atoms with Crippen LogP contribution in [0, 0.1) is 0 Å². The molecule has 2 N–H and O–H groups in total. The van der Waals surface area contributed by atoms with Gasteiger partial charge in [0.05, 0.1) is 0 Å². The number of phenols is 1. The van der Waals surface area contributed by atoms with Crippen molar-refractivity contribution in [1.29, 1.82) is 0 Å². The van der Waals surface area contributed by atoms with Crippen LogP contribution in [-0.4, -0.2) is 40.2 Å². The number of nitrogens with zero attached hydrogens (tertiary/aromatic N) is 1. The molecule has 4 heteroatoms. The molecule has 1 unspecified atom stereocenters. The Balaban J connectivity index is 1.98. The second-order valence-electron chi connectivity index (χ2n) is 13.2. The van der Waals surface area contributed by atoms with E-state index >= 15 is 0 Å². The number of benzene rings is 1. The van der Waals surface area contributed by atoms with Crippen LogP contribution >= 0.6 is 0 Å². The maximum absolute atomic E-state index is 12.4. The van der Waals surface area contributed by atoms with Crippen LogP contribution in [0.5, 0.6) is 5.75 Å². The van der Waals surface area contributed by atoms with Gasteiger partial charge in [-0.25, -0.2) is 0 Å². The molecular weight excluding hydrogens is 446 g/mol. The van der Waals surface area contributed by atoms with E-state index in [0.717, 1.165) is 42.6 Å². The largest absolute Gasteiger partial charge is 0.507 e. The summed E-state index contributed by atoms with van der Waals surface area (Å²) in [4.78, 5) is 14.6. The average Bonchev–Trinajstić information content (AvgIpc) is 3.20. The molecule has 1 aliphatic rings. The molecule has 0 bridgehead atoms. The van der Waals surface area contributed by atoms with Crippen molar-refractivity contribution in [2.45, 2.75) is 148 Å². The highest BCUT2D eigenvalue weighted by atomic mass is 16.4. The van der Waals surface area contributed by atoms with Crippen LogP contribution in [0.15, 0.2) is 12.1 Å². The average molecular weight is 502 g/mol. The smallest absolute Gasteiger partial charge is 0.321 e. The van der Waals surface area contributed by atoms with E-state index in [1.165, 1.54) is 64.2 Å². The number of carboxylic acid groups (broad SMARTS) is 1. The normalized spacial score (nSPS) is 19.2. The number of unbranched alkanes of at least 4 members (excludes halogenated alkanes) is 10. The minimum Gasteiger partial charge on any atom is -0.507 e. The van der Waals surface area contributed by atoms with E-state index in [0.29, 0.717) is 5.75 Å². The highest BCUT2D eigenvalue weighted by Crippen LogP contribution is 2.43. The SMILES string of the molecule is CCCCCCCCCCCCCN1CCC(c2cc(C(C)(C)C)c(O)c(C(C)(C)C)c2)[C@H]1C(=O)O. The van der Waals surface area contributed by atoms with Crippen LogP contribution in [0.25, 0.3) is 0 Å². The number of aliphatic carboxylic acids is 1. The van der Waals surface area contributed by atoms with Gasteiger partial charge in [-0.3, -0.25) is 9.69 Å². The number of aromatic hydroxyl groups is 1. The summed E-state index contributed by atoms with van der Waals surface area (Å²) in [7, 11) is 0. The lowest BCUT2D eigenvalue weighted by atomic mass is 9.76. The van der Waals surface area contributed by atoms with Crippen LogP contribution in [0.4, 0.5) is 0 Å². The molecule has 36 heavy (non-hydrogen) atoms. The summed E-state index contributed by atoms with van der Waals surface area (Å²) < 4.78 is 0. The van der Waals surface area contributed by atoms with Crippen molar-refractivity contribution < 1.29 is 15.0 Å². The summed E-state index contributed by atoms with van der Waals surface area (Å²) in [6.07, 6.45) is 15.2. The predicted octanol–water partition coefficient (Wildman–Crippen LogP) is 8.54. The van der Waals surface area contributed by atoms with Gasteiger partial charge < -0.3 is 10.2 Å². The van der Waals surface area contributed by atoms with Crippen molar-refractivity contribution in [2.24, 2.45) is 0 Å². The first-order valence-electron chi connectivity index (χ1n) is 14.7. The highest BCUT2D eigenvalue weighted by molar-refractivity contribution is 5.75. The van der Waals surface area contributed by atoms with E-state index in [2.05, 4.69) is 65.5 Å². The van der Waals surface area contributed by atoms with E-state index in [1.807, 2.05) is 0 Å². The Labute approximate surface area is 221 Å². The molecule has 1 aromatic rings. The fraction of sp³-hybridized carbons (Fsp3) is 0.781. The topological polar surface area (TPSA) is 60.8 Å². The van der Waals surface area contributed by atoms with Gasteiger partial charge in [0.1, 0.15) is 11.8 Å². The summed E-state index contributed by atoms with van der Waals surface area (Å²) in [6, 6.07) is 3.67. The standard InChI is InChI=1S/C32H55NO3/c1-8-9-10-11-12-13-14-15-16-17-18-20-33-21-19-25(28(33)30(35)36)24-22-26(31(2,3)4)29(34)27(23-24)32(5,6)7/h22-23,25,28,34H,8-21H2,1-7H3,(H,35,36)/t25?,28-/m0/s1. The minimum absolute atomic E-state index is 0.0435. The maximum atomic E-state index is 12.4. The van der Waals surface area contributed by atoms with Crippen LogP contribution in [0.2, 0.25) is 0 Å². The number of hydrogen-bond acceptors (Lipinski definition) is 3. The summed E-state index contributed by atoms with van der Waals surface area (Å²) in [5.74, 6) is -0.400. The molecule has 206 valence electrons. The van der Waals surface area contributed by atoms with Gasteiger partial charge in [-0.05, 0) is 53.5 Å². The number of carboxylic acids is 1. The third-order valence-electron chi connectivity index (χ3n) is 7.98. The number of carbonyl (C=O) groups is 1. The van der Waals surface area contributed by atoms with Gasteiger partial charge in [-0.2, -0.15) is 0 Å². The Morgan fingerprint density at radius 3 is 1.69 bits per heavy atom. The lowest BCUT2D eigenvalue weighted by molar-refractivity contribution is -0.142. The van der Waals surface area contributed by atoms with E-state index in [1.54, 1.807) is 0 Å². The lowest BCUT2D eigenvalue weighted by Crippen LogP contribution is -2.39. The van der Waals surface area contributed by atoms with Crippen molar-refractivity contribution in [2.75, 3.05) is 13.1 Å². The molecule has 2 atom stereocenters. The summed E-state index contributed by atoms with van der Waals surface area (Å²) in [6.45, 7) is 16.6. The van der Waals surface area contributed by atoms with Crippen molar-refractivity contribution in [3.05, 3.63) is 28.8 Å². The minimum atomic E-state index is -0.719. The fourth-order valence-electron chi connectivity index (χ4n) is 5.78. The number of rotatable bonds is 14. The zero-order valence-electron chi connectivity index (χ0n) is 24.5. The summed E-state index contributed by atoms with van der Waals surface area (Å²) >= 11 is 0. The molecule has 1 aromatic carbocycles. The first kappa shape index (κ1) is 30.7. The Bertz CT molecular complexity index is 783. The number of phenolic OH excluding ortho intramolecular Hbond substituents is 1. The monoisotopic (exact) mass is 501 g/mol. The molecule has 0 amide bonds. The molecule has 1 heterocycles. The van der Waals surface area contributed by atoms with Gasteiger partial charge in [0.15, 0.2) is 0 Å². The molecule has 1 aliphatic heterocycles. The van der Waals surface area contributed by atoms with Crippen molar-refractivity contribution >= 4 is 5.97 Å². The van der Waals surface area contributed by atoms with Crippen molar-refractivity contribution in [1.82, 2.24) is 4.90 Å². The molecule has 1 fully saturated rings. The van der Waals surface area contributed by atoms with Crippen LogP contribution in [0.1, 0.15) is 148 Å². The molecule has 0 spiro atoms. The van der Waals surface area contributed by atoms with Gasteiger partial charge >= 0.3 is 5.97 Å². The maximum Gasteiger partial charge on any atom is 0.321 e. The van der Waals surface area contributed by atoms with E-state index in [9.17, 15) is 15.0 Å². The molecule has 0 aromatic heterocycles. The zero-order valence-corrected chi connectivity index (χ0v) is 24.5. The molecular formula is C32H55NO3. The van der Waals surface area contributed by atoms with Crippen molar-refractivity contribution in [3.63, 3.8) is 0 Å². The summed E-state index contributed by atoms with van der Waals surface area (Å²) in [5, 5.41) is 21.3. The first-order valence-corrected chi connectivity index (χ1v) is 14.7. The van der Waals surface area contributed by atoms with Gasteiger partial charge in [0.2, 0.25) is 0 Å². The molecule has 2 rings (SSSR count). The Morgan fingerprint density at radius 1 is 0.833 bits per heavy atom. The second-order valence-corrected chi connectivity index (χ2v) is 13.2. The Morgan fingerprint density at radius 2 is 1.28 bits per heavy atom. The van der Waals surface area contributed by atoms with Gasteiger partial charge in [0.25, 0.3) is 0 Å². The van der Waals surface area contributed by atoms with E-state index in [-0.39, 0.29) is 16.7 Å². The third-order valence-corrected chi connectivity index (χ3v) is 7.98. The summed E-state index contributed by atoms with van der Waals surface area (Å²) in [5.41, 5.74) is 2.46. The molecule has 1 saturated heterocycles. The first-order chi connectivity index (χ1) is 16.9. The van der Waals surface area contributed by atoms with Gasteiger partial charge in [0, 0.05) is 5.92 Å². The van der Waals surface area contributed by atoms with Crippen LogP contribution in [0.3, 0.4) is 0 Å². The highest BCUT2D eigenvalue weighted by Gasteiger charge is 2.41. The van der Waals surface area contributed by atoms with Crippen LogP contribution in [-0.2, 0) is 15.6 Å². The van der Waals surface area contributed by atoms with Crippen molar-refractivity contribution in [3.8, 4) is 5.75 Å². The lowest BCUT2D eigenvalue weighted by Gasteiger charge is -2.30. The second kappa shape index (κ2) is 13.8. The van der Waals surface area contributed by atoms with Gasteiger partial charge in [-0.1, -0.05) is 125 Å². The molecule has 4 nitrogen and oxygen atoms in total. The van der Waals surface area contributed by atoms with E-state index < -0.39 is 12.0 Å². The van der Waals surface area contributed by atoms with E-state index in [4.69, 9.17) is 0 Å². The molecule has 0 saturated carbocycles. The predicted molar refractivity (Wildman–Crippen MR) is 152 cm³/mol. The third kappa shape index (κ3) is 8.78. The van der Waals surface area contributed by atoms with Gasteiger partial charge in [-0.15, -0.1) is 0 Å². The number of hydrogen-bond donors (Lipinski definition) is 2. The quantitative estimate of drug-likeness (QED) is 0.251. The molecule has 0 radical (unpaired) electrons. The Hall–Kier alpha value is -1.55. The fourth-order valence-corrected chi connectivity index (χ4v) is 5.78.